The Morgan fingerprint density at radius 1 is 0.938 bits per heavy atom. The zero-order valence-electron chi connectivity index (χ0n) is 19.9. The molecule has 0 bridgehead atoms. The van der Waals surface area contributed by atoms with Gasteiger partial charge in [0.2, 0.25) is 5.91 Å². The molecule has 2 saturated heterocycles. The summed E-state index contributed by atoms with van der Waals surface area (Å²) < 4.78 is 13.4. The van der Waals surface area contributed by atoms with E-state index in [2.05, 4.69) is 33.9 Å². The van der Waals surface area contributed by atoms with Gasteiger partial charge in [0.1, 0.15) is 5.82 Å². The lowest BCUT2D eigenvalue weighted by Crippen LogP contribution is -2.51. The van der Waals surface area contributed by atoms with E-state index in [1.165, 1.54) is 37.8 Å². The average molecular weight is 445 g/mol. The van der Waals surface area contributed by atoms with Crippen LogP contribution in [0.2, 0.25) is 0 Å². The molecule has 1 saturated carbocycles. The zero-order chi connectivity index (χ0) is 22.5. The molecule has 3 fully saturated rings. The third-order valence-electron chi connectivity index (χ3n) is 8.06. The lowest BCUT2D eigenvalue weighted by Gasteiger charge is -2.36. The smallest absolute Gasteiger partial charge is 0.234 e. The topological polar surface area (TPSA) is 38.8 Å². The normalized spacial score (nSPS) is 27.1. The van der Waals surface area contributed by atoms with E-state index in [0.717, 1.165) is 57.7 Å². The van der Waals surface area contributed by atoms with Gasteiger partial charge in [0.05, 0.1) is 12.6 Å². The van der Waals surface area contributed by atoms with Crippen molar-refractivity contribution >= 4 is 5.91 Å². The number of rotatable bonds is 8. The minimum absolute atomic E-state index is 0.00340. The number of carbonyl (C=O) groups is 1. The Balaban J connectivity index is 1.23. The van der Waals surface area contributed by atoms with Gasteiger partial charge in [-0.3, -0.25) is 19.5 Å². The number of carbonyl (C=O) groups excluding carboxylic acids is 1. The number of likely N-dealkylation sites (tertiary alicyclic amines) is 1. The van der Waals surface area contributed by atoms with Crippen LogP contribution in [0.1, 0.15) is 64.0 Å². The van der Waals surface area contributed by atoms with Crippen molar-refractivity contribution in [2.45, 2.75) is 70.5 Å². The molecule has 3 atom stereocenters. The van der Waals surface area contributed by atoms with Crippen molar-refractivity contribution in [1.29, 1.82) is 0 Å². The second kappa shape index (κ2) is 11.1. The number of amides is 1. The molecule has 2 aliphatic heterocycles. The van der Waals surface area contributed by atoms with Crippen LogP contribution in [0.15, 0.2) is 24.3 Å². The molecule has 0 spiro atoms. The average Bonchev–Trinajstić information content (AvgIpc) is 3.43. The molecule has 3 aliphatic rings. The van der Waals surface area contributed by atoms with Crippen molar-refractivity contribution in [1.82, 2.24) is 20.0 Å². The van der Waals surface area contributed by atoms with E-state index < -0.39 is 0 Å². The Hall–Kier alpha value is -1.50. The number of nitrogens with one attached hydrogen (secondary N) is 1. The fourth-order valence-corrected chi connectivity index (χ4v) is 5.97. The maximum absolute atomic E-state index is 13.4. The molecular weight excluding hydrogens is 403 g/mol. The van der Waals surface area contributed by atoms with E-state index in [4.69, 9.17) is 0 Å². The molecule has 0 aromatic heterocycles. The summed E-state index contributed by atoms with van der Waals surface area (Å²) in [5.41, 5.74) is 1.03. The predicted octanol–water partition coefficient (Wildman–Crippen LogP) is 3.66. The number of halogens is 1. The third-order valence-corrected chi connectivity index (χ3v) is 8.06. The molecule has 1 aromatic rings. The third kappa shape index (κ3) is 6.09. The molecule has 3 unspecified atom stereocenters. The fourth-order valence-electron chi connectivity index (χ4n) is 5.97. The zero-order valence-corrected chi connectivity index (χ0v) is 19.9. The Kier molecular flexibility index (Phi) is 8.19. The Bertz CT molecular complexity index is 718. The second-order valence-corrected chi connectivity index (χ2v) is 10.3. The van der Waals surface area contributed by atoms with Gasteiger partial charge in [-0.25, -0.2) is 4.39 Å². The van der Waals surface area contributed by atoms with Gasteiger partial charge in [0, 0.05) is 51.4 Å². The van der Waals surface area contributed by atoms with E-state index in [0.29, 0.717) is 24.5 Å². The predicted molar refractivity (Wildman–Crippen MR) is 127 cm³/mol. The van der Waals surface area contributed by atoms with Gasteiger partial charge in [-0.1, -0.05) is 25.0 Å². The first kappa shape index (κ1) is 23.7. The molecule has 2 heterocycles. The number of benzene rings is 1. The van der Waals surface area contributed by atoms with Crippen LogP contribution < -0.4 is 5.32 Å². The minimum atomic E-state index is -0.225. The van der Waals surface area contributed by atoms with Gasteiger partial charge in [0.15, 0.2) is 0 Å². The van der Waals surface area contributed by atoms with Gasteiger partial charge in [-0.05, 0) is 63.1 Å². The van der Waals surface area contributed by atoms with Gasteiger partial charge in [-0.2, -0.15) is 0 Å². The van der Waals surface area contributed by atoms with Crippen molar-refractivity contribution in [3.8, 4) is 0 Å². The number of piperazine rings is 1. The highest BCUT2D eigenvalue weighted by atomic mass is 19.1. The summed E-state index contributed by atoms with van der Waals surface area (Å²) in [7, 11) is 0. The van der Waals surface area contributed by atoms with Crippen LogP contribution in [0.4, 0.5) is 4.39 Å². The van der Waals surface area contributed by atoms with Crippen molar-refractivity contribution in [3.63, 3.8) is 0 Å². The van der Waals surface area contributed by atoms with Crippen LogP contribution in [0, 0.1) is 11.7 Å². The largest absolute Gasteiger partial charge is 0.348 e. The van der Waals surface area contributed by atoms with E-state index in [1.54, 1.807) is 0 Å². The van der Waals surface area contributed by atoms with Crippen molar-refractivity contribution in [2.24, 2.45) is 5.92 Å². The molecule has 178 valence electrons. The van der Waals surface area contributed by atoms with Crippen LogP contribution in [0.5, 0.6) is 0 Å². The van der Waals surface area contributed by atoms with Crippen LogP contribution in [0.3, 0.4) is 0 Å². The first-order chi connectivity index (χ1) is 15.5. The van der Waals surface area contributed by atoms with Crippen molar-refractivity contribution < 1.29 is 9.18 Å². The second-order valence-electron chi connectivity index (χ2n) is 10.3. The Morgan fingerprint density at radius 2 is 1.53 bits per heavy atom. The molecule has 1 amide bonds. The highest BCUT2D eigenvalue weighted by molar-refractivity contribution is 5.78. The summed E-state index contributed by atoms with van der Waals surface area (Å²) in [6, 6.07) is 8.10. The van der Waals surface area contributed by atoms with Gasteiger partial charge < -0.3 is 5.32 Å². The minimum Gasteiger partial charge on any atom is -0.348 e. The highest BCUT2D eigenvalue weighted by Gasteiger charge is 2.30. The lowest BCUT2D eigenvalue weighted by molar-refractivity contribution is -0.123. The molecule has 1 aromatic carbocycles. The standard InChI is InChI=1S/C26H41FN4O/c1-20-7-8-21(2)31(20)18-17-29-13-15-30(16-14-29)19-25(32)28-26(22-5-3-4-6-22)23-9-11-24(27)12-10-23/h9-12,20-22,26H,3-8,13-19H2,1-2H3,(H,28,32). The molecular formula is C26H41FN4O. The maximum Gasteiger partial charge on any atom is 0.234 e. The number of nitrogens with zero attached hydrogens (tertiary/aromatic N) is 3. The molecule has 32 heavy (non-hydrogen) atoms. The first-order valence-electron chi connectivity index (χ1n) is 12.7. The number of hydrogen-bond acceptors (Lipinski definition) is 4. The van der Waals surface area contributed by atoms with Gasteiger partial charge >= 0.3 is 0 Å². The molecule has 1 N–H and O–H groups in total. The van der Waals surface area contributed by atoms with Crippen molar-refractivity contribution in [3.05, 3.63) is 35.6 Å². The highest BCUT2D eigenvalue weighted by Crippen LogP contribution is 2.35. The molecule has 4 rings (SSSR count). The summed E-state index contributed by atoms with van der Waals surface area (Å²) in [5.74, 6) is 0.327. The van der Waals surface area contributed by atoms with Crippen LogP contribution in [-0.2, 0) is 4.79 Å². The Labute approximate surface area is 193 Å². The summed E-state index contributed by atoms with van der Waals surface area (Å²) in [6.07, 6.45) is 7.35. The van der Waals surface area contributed by atoms with Crippen LogP contribution in [-0.4, -0.2) is 78.5 Å². The SMILES string of the molecule is CC1CCC(C)N1CCN1CCN(CC(=O)NC(c2ccc(F)cc2)C2CCCC2)CC1. The first-order valence-corrected chi connectivity index (χ1v) is 12.7. The Morgan fingerprint density at radius 3 is 2.16 bits per heavy atom. The monoisotopic (exact) mass is 444 g/mol. The summed E-state index contributed by atoms with van der Waals surface area (Å²) in [4.78, 5) is 20.4. The van der Waals surface area contributed by atoms with Crippen molar-refractivity contribution in [2.75, 3.05) is 45.8 Å². The number of hydrogen-bond donors (Lipinski definition) is 1. The lowest BCUT2D eigenvalue weighted by atomic mass is 9.91. The van der Waals surface area contributed by atoms with Gasteiger partial charge in [0.25, 0.3) is 0 Å². The van der Waals surface area contributed by atoms with Gasteiger partial charge in [-0.15, -0.1) is 0 Å². The van der Waals surface area contributed by atoms with E-state index in [9.17, 15) is 9.18 Å². The van der Waals surface area contributed by atoms with E-state index >= 15 is 0 Å². The summed E-state index contributed by atoms with van der Waals surface area (Å²) >= 11 is 0. The van der Waals surface area contributed by atoms with E-state index in [-0.39, 0.29) is 17.8 Å². The quantitative estimate of drug-likeness (QED) is 0.664. The van der Waals surface area contributed by atoms with Crippen LogP contribution in [0.25, 0.3) is 0 Å². The fraction of sp³-hybridized carbons (Fsp3) is 0.731. The summed E-state index contributed by atoms with van der Waals surface area (Å²) in [5, 5.41) is 3.30. The molecule has 6 heteroatoms. The maximum atomic E-state index is 13.4. The van der Waals surface area contributed by atoms with E-state index in [1.807, 2.05) is 12.1 Å². The molecule has 5 nitrogen and oxygen atoms in total. The van der Waals surface area contributed by atoms with Crippen LogP contribution >= 0.6 is 0 Å². The summed E-state index contributed by atoms with van der Waals surface area (Å²) in [6.45, 7) is 11.4. The molecule has 1 aliphatic carbocycles. The molecule has 0 radical (unpaired) electrons.